The third kappa shape index (κ3) is 3.27. The highest BCUT2D eigenvalue weighted by molar-refractivity contribution is 5.44. The van der Waals surface area contributed by atoms with Crippen molar-refractivity contribution in [1.29, 1.82) is 0 Å². The van der Waals surface area contributed by atoms with E-state index in [4.69, 9.17) is 4.98 Å². The first-order valence-corrected chi connectivity index (χ1v) is 7.39. The van der Waals surface area contributed by atoms with Gasteiger partial charge >= 0.3 is 0 Å². The zero-order chi connectivity index (χ0) is 14.0. The number of hydrogen-bond donors (Lipinski definition) is 1. The number of piperidine rings is 1. The summed E-state index contributed by atoms with van der Waals surface area (Å²) in [5.74, 6) is 2.23. The Bertz CT molecular complexity index is 431. The van der Waals surface area contributed by atoms with Crippen LogP contribution in [0, 0.1) is 5.92 Å². The van der Waals surface area contributed by atoms with E-state index in [0.717, 1.165) is 29.5 Å². The summed E-state index contributed by atoms with van der Waals surface area (Å²) < 4.78 is 0. The van der Waals surface area contributed by atoms with E-state index in [2.05, 4.69) is 32.6 Å². The standard InChI is InChI=1S/C16H26N2O/c1-11(2)15-8-14(10-19)9-16(17-15)18-6-5-12(3)7-13(18)4/h8-9,11-13,19H,5-7,10H2,1-4H3. The van der Waals surface area contributed by atoms with E-state index in [1.54, 1.807) is 0 Å². The van der Waals surface area contributed by atoms with Gasteiger partial charge < -0.3 is 10.0 Å². The van der Waals surface area contributed by atoms with E-state index >= 15 is 0 Å². The summed E-state index contributed by atoms with van der Waals surface area (Å²) in [6, 6.07) is 4.59. The highest BCUT2D eigenvalue weighted by Gasteiger charge is 2.24. The van der Waals surface area contributed by atoms with Crippen molar-refractivity contribution in [2.24, 2.45) is 5.92 Å². The minimum atomic E-state index is 0.0911. The summed E-state index contributed by atoms with van der Waals surface area (Å²) >= 11 is 0. The monoisotopic (exact) mass is 262 g/mol. The molecule has 0 spiro atoms. The fourth-order valence-electron chi connectivity index (χ4n) is 2.88. The maximum atomic E-state index is 9.43. The molecule has 2 unspecified atom stereocenters. The summed E-state index contributed by atoms with van der Waals surface area (Å²) in [5.41, 5.74) is 2.05. The smallest absolute Gasteiger partial charge is 0.129 e. The molecule has 0 saturated carbocycles. The van der Waals surface area contributed by atoms with Crippen molar-refractivity contribution in [3.05, 3.63) is 23.4 Å². The first-order valence-electron chi connectivity index (χ1n) is 7.39. The maximum absolute atomic E-state index is 9.43. The highest BCUT2D eigenvalue weighted by Crippen LogP contribution is 2.28. The Labute approximate surface area is 116 Å². The molecule has 1 aliphatic heterocycles. The van der Waals surface area contributed by atoms with Gasteiger partial charge in [-0.15, -0.1) is 0 Å². The van der Waals surface area contributed by atoms with Gasteiger partial charge in [0.2, 0.25) is 0 Å². The second kappa shape index (κ2) is 5.91. The molecule has 1 aliphatic rings. The van der Waals surface area contributed by atoms with Crippen LogP contribution in [0.15, 0.2) is 12.1 Å². The first kappa shape index (κ1) is 14.3. The first-order chi connectivity index (χ1) is 9.01. The number of nitrogens with zero attached hydrogens (tertiary/aromatic N) is 2. The third-order valence-corrected chi connectivity index (χ3v) is 4.10. The van der Waals surface area contributed by atoms with Crippen molar-refractivity contribution in [3.8, 4) is 0 Å². The van der Waals surface area contributed by atoms with Gasteiger partial charge in [0.15, 0.2) is 0 Å². The van der Waals surface area contributed by atoms with Crippen molar-refractivity contribution in [1.82, 2.24) is 4.98 Å². The lowest BCUT2D eigenvalue weighted by Crippen LogP contribution is -2.40. The molecule has 0 bridgehead atoms. The average molecular weight is 262 g/mol. The van der Waals surface area contributed by atoms with Gasteiger partial charge in [-0.1, -0.05) is 20.8 Å². The highest BCUT2D eigenvalue weighted by atomic mass is 16.3. The van der Waals surface area contributed by atoms with Crippen molar-refractivity contribution in [2.75, 3.05) is 11.4 Å². The van der Waals surface area contributed by atoms with E-state index in [9.17, 15) is 5.11 Å². The fourth-order valence-corrected chi connectivity index (χ4v) is 2.88. The van der Waals surface area contributed by atoms with E-state index in [1.165, 1.54) is 12.8 Å². The van der Waals surface area contributed by atoms with E-state index in [-0.39, 0.29) is 6.61 Å². The van der Waals surface area contributed by atoms with Crippen molar-refractivity contribution in [2.45, 2.75) is 59.1 Å². The van der Waals surface area contributed by atoms with Gasteiger partial charge in [0, 0.05) is 18.3 Å². The number of rotatable bonds is 3. The van der Waals surface area contributed by atoms with Crippen LogP contribution < -0.4 is 4.90 Å². The number of anilines is 1. The predicted molar refractivity (Wildman–Crippen MR) is 79.5 cm³/mol. The molecule has 1 N–H and O–H groups in total. The molecule has 2 heterocycles. The summed E-state index contributed by atoms with van der Waals surface area (Å²) in [6.45, 7) is 10.1. The molecule has 3 nitrogen and oxygen atoms in total. The van der Waals surface area contributed by atoms with Crippen molar-refractivity contribution >= 4 is 5.82 Å². The van der Waals surface area contributed by atoms with Gasteiger partial charge in [-0.25, -0.2) is 4.98 Å². The molecule has 1 fully saturated rings. The van der Waals surface area contributed by atoms with Crippen LogP contribution in [-0.4, -0.2) is 22.7 Å². The zero-order valence-electron chi connectivity index (χ0n) is 12.6. The van der Waals surface area contributed by atoms with Crippen LogP contribution in [0.2, 0.25) is 0 Å². The summed E-state index contributed by atoms with van der Waals surface area (Å²) in [6.07, 6.45) is 2.45. The number of aromatic nitrogens is 1. The Kier molecular flexibility index (Phi) is 4.46. The van der Waals surface area contributed by atoms with E-state index < -0.39 is 0 Å². The number of hydrogen-bond acceptors (Lipinski definition) is 3. The van der Waals surface area contributed by atoms with Crippen LogP contribution >= 0.6 is 0 Å². The molecule has 2 rings (SSSR count). The van der Waals surface area contributed by atoms with Crippen LogP contribution in [0.5, 0.6) is 0 Å². The molecule has 0 aliphatic carbocycles. The SMILES string of the molecule is CC1CCN(c2cc(CO)cc(C(C)C)n2)C(C)C1. The van der Waals surface area contributed by atoms with E-state index in [0.29, 0.717) is 12.0 Å². The van der Waals surface area contributed by atoms with Crippen LogP contribution in [0.25, 0.3) is 0 Å². The molecule has 0 radical (unpaired) electrons. The van der Waals surface area contributed by atoms with Gasteiger partial charge in [0.05, 0.1) is 6.61 Å². The maximum Gasteiger partial charge on any atom is 0.129 e. The fraction of sp³-hybridized carbons (Fsp3) is 0.688. The van der Waals surface area contributed by atoms with Gasteiger partial charge in [-0.05, 0) is 49.3 Å². The number of aliphatic hydroxyl groups excluding tert-OH is 1. The lowest BCUT2D eigenvalue weighted by atomic mass is 9.93. The zero-order valence-corrected chi connectivity index (χ0v) is 12.6. The summed E-state index contributed by atoms with van der Waals surface area (Å²) in [7, 11) is 0. The topological polar surface area (TPSA) is 36.4 Å². The van der Waals surface area contributed by atoms with Gasteiger partial charge in [0.25, 0.3) is 0 Å². The second-order valence-electron chi connectivity index (χ2n) is 6.24. The molecule has 1 saturated heterocycles. The number of pyridine rings is 1. The lowest BCUT2D eigenvalue weighted by molar-refractivity contribution is 0.281. The Hall–Kier alpha value is -1.09. The Morgan fingerprint density at radius 2 is 2.11 bits per heavy atom. The van der Waals surface area contributed by atoms with E-state index in [1.807, 2.05) is 12.1 Å². The largest absolute Gasteiger partial charge is 0.392 e. The molecule has 1 aromatic rings. The van der Waals surface area contributed by atoms with Crippen molar-refractivity contribution < 1.29 is 5.11 Å². The lowest BCUT2D eigenvalue weighted by Gasteiger charge is -2.37. The number of aliphatic hydroxyl groups is 1. The Balaban J connectivity index is 2.30. The van der Waals surface area contributed by atoms with Gasteiger partial charge in [-0.2, -0.15) is 0 Å². The Morgan fingerprint density at radius 3 is 2.68 bits per heavy atom. The summed E-state index contributed by atoms with van der Waals surface area (Å²) in [5, 5.41) is 9.43. The average Bonchev–Trinajstić information content (AvgIpc) is 2.38. The summed E-state index contributed by atoms with van der Waals surface area (Å²) in [4.78, 5) is 7.19. The van der Waals surface area contributed by atoms with Crippen LogP contribution in [0.3, 0.4) is 0 Å². The van der Waals surface area contributed by atoms with Gasteiger partial charge in [0.1, 0.15) is 5.82 Å². The quantitative estimate of drug-likeness (QED) is 0.907. The normalized spacial score (nSPS) is 24.0. The molecule has 0 aromatic carbocycles. The van der Waals surface area contributed by atoms with Crippen LogP contribution in [0.1, 0.15) is 57.7 Å². The minimum Gasteiger partial charge on any atom is -0.392 e. The van der Waals surface area contributed by atoms with Crippen LogP contribution in [-0.2, 0) is 6.61 Å². The van der Waals surface area contributed by atoms with Gasteiger partial charge in [-0.3, -0.25) is 0 Å². The predicted octanol–water partition coefficient (Wildman–Crippen LogP) is 3.32. The molecular weight excluding hydrogens is 236 g/mol. The molecule has 1 aromatic heterocycles. The molecule has 106 valence electrons. The molecule has 2 atom stereocenters. The van der Waals surface area contributed by atoms with Crippen molar-refractivity contribution in [3.63, 3.8) is 0 Å². The Morgan fingerprint density at radius 1 is 1.37 bits per heavy atom. The van der Waals surface area contributed by atoms with Crippen LogP contribution in [0.4, 0.5) is 5.82 Å². The molecule has 0 amide bonds. The molecule has 19 heavy (non-hydrogen) atoms. The third-order valence-electron chi connectivity index (χ3n) is 4.10. The molecular formula is C16H26N2O. The minimum absolute atomic E-state index is 0.0911. The second-order valence-corrected chi connectivity index (χ2v) is 6.24. The molecule has 3 heteroatoms.